The molecule has 0 saturated carbocycles. The molecule has 1 aromatic rings. The third kappa shape index (κ3) is 3.47. The Morgan fingerprint density at radius 2 is 2.11 bits per heavy atom. The highest BCUT2D eigenvalue weighted by atomic mass is 16.5. The average molecular weight is 262 g/mol. The van der Waals surface area contributed by atoms with Gasteiger partial charge in [-0.3, -0.25) is 4.90 Å². The number of fused-ring (bicyclic) bond motifs is 1. The van der Waals surface area contributed by atoms with Crippen LogP contribution in [0.4, 0.5) is 5.69 Å². The first kappa shape index (κ1) is 12.9. The average Bonchev–Trinajstić information content (AvgIpc) is 2.48. The van der Waals surface area contributed by atoms with Crippen LogP contribution in [-0.4, -0.2) is 57.0 Å². The minimum atomic E-state index is 0.302. The van der Waals surface area contributed by atoms with Gasteiger partial charge in [-0.25, -0.2) is 0 Å². The first-order valence-electron chi connectivity index (χ1n) is 7.15. The Morgan fingerprint density at radius 1 is 1.26 bits per heavy atom. The molecule has 2 heterocycles. The van der Waals surface area contributed by atoms with Crippen LogP contribution in [0.15, 0.2) is 24.3 Å². The molecule has 1 unspecified atom stereocenters. The standard InChI is InChI=1S/C15H22N2O2/c1-2-4-15-13(3-1)11-14(12-16-15)19-10-7-17-5-8-18-9-6-17/h1-4,14,16H,5-12H2. The number of benzene rings is 1. The van der Waals surface area contributed by atoms with Gasteiger partial charge in [0.25, 0.3) is 0 Å². The molecule has 0 aromatic heterocycles. The van der Waals surface area contributed by atoms with Crippen LogP contribution in [0, 0.1) is 0 Å². The van der Waals surface area contributed by atoms with Crippen molar-refractivity contribution in [2.75, 3.05) is 51.3 Å². The molecule has 1 aromatic carbocycles. The lowest BCUT2D eigenvalue weighted by molar-refractivity contribution is 0.00430. The molecule has 1 fully saturated rings. The molecule has 1 N–H and O–H groups in total. The number of nitrogens with zero attached hydrogens (tertiary/aromatic N) is 1. The van der Waals surface area contributed by atoms with E-state index < -0.39 is 0 Å². The number of morpholine rings is 1. The monoisotopic (exact) mass is 262 g/mol. The maximum absolute atomic E-state index is 6.00. The fourth-order valence-electron chi connectivity index (χ4n) is 2.70. The first-order chi connectivity index (χ1) is 9.42. The Hall–Kier alpha value is -1.10. The van der Waals surface area contributed by atoms with Crippen LogP contribution in [0.3, 0.4) is 0 Å². The number of anilines is 1. The second-order valence-corrected chi connectivity index (χ2v) is 5.19. The van der Waals surface area contributed by atoms with Gasteiger partial charge in [0.2, 0.25) is 0 Å². The van der Waals surface area contributed by atoms with Gasteiger partial charge in [-0.05, 0) is 11.6 Å². The van der Waals surface area contributed by atoms with Gasteiger partial charge < -0.3 is 14.8 Å². The van der Waals surface area contributed by atoms with Crippen LogP contribution in [0.5, 0.6) is 0 Å². The van der Waals surface area contributed by atoms with Crippen molar-refractivity contribution in [1.29, 1.82) is 0 Å². The molecule has 0 aliphatic carbocycles. The second-order valence-electron chi connectivity index (χ2n) is 5.19. The molecule has 0 spiro atoms. The molecule has 1 atom stereocenters. The van der Waals surface area contributed by atoms with E-state index in [0.29, 0.717) is 6.10 Å². The van der Waals surface area contributed by atoms with Gasteiger partial charge in [0.15, 0.2) is 0 Å². The fourth-order valence-corrected chi connectivity index (χ4v) is 2.70. The topological polar surface area (TPSA) is 33.7 Å². The smallest absolute Gasteiger partial charge is 0.0789 e. The number of hydrogen-bond acceptors (Lipinski definition) is 4. The van der Waals surface area contributed by atoms with E-state index in [9.17, 15) is 0 Å². The summed E-state index contributed by atoms with van der Waals surface area (Å²) < 4.78 is 11.3. The van der Waals surface area contributed by atoms with E-state index in [-0.39, 0.29) is 0 Å². The highest BCUT2D eigenvalue weighted by molar-refractivity contribution is 5.53. The van der Waals surface area contributed by atoms with Crippen molar-refractivity contribution in [1.82, 2.24) is 4.90 Å². The van der Waals surface area contributed by atoms with Crippen molar-refractivity contribution in [3.8, 4) is 0 Å². The van der Waals surface area contributed by atoms with Crippen LogP contribution in [0.1, 0.15) is 5.56 Å². The first-order valence-corrected chi connectivity index (χ1v) is 7.15. The maximum Gasteiger partial charge on any atom is 0.0789 e. The third-order valence-corrected chi connectivity index (χ3v) is 3.85. The van der Waals surface area contributed by atoms with Crippen molar-refractivity contribution in [2.24, 2.45) is 0 Å². The van der Waals surface area contributed by atoms with Crippen molar-refractivity contribution in [3.63, 3.8) is 0 Å². The lowest BCUT2D eigenvalue weighted by Gasteiger charge is -2.29. The molecule has 3 rings (SSSR count). The van der Waals surface area contributed by atoms with Crippen LogP contribution in [0.2, 0.25) is 0 Å². The number of hydrogen-bond donors (Lipinski definition) is 1. The predicted octanol–water partition coefficient (Wildman–Crippen LogP) is 1.37. The summed E-state index contributed by atoms with van der Waals surface area (Å²) in [5, 5.41) is 3.44. The van der Waals surface area contributed by atoms with Crippen molar-refractivity contribution >= 4 is 5.69 Å². The van der Waals surface area contributed by atoms with Crippen LogP contribution < -0.4 is 5.32 Å². The third-order valence-electron chi connectivity index (χ3n) is 3.85. The van der Waals surface area contributed by atoms with Crippen LogP contribution in [-0.2, 0) is 15.9 Å². The summed E-state index contributed by atoms with van der Waals surface area (Å²) in [6.07, 6.45) is 1.32. The van der Waals surface area contributed by atoms with E-state index in [2.05, 4.69) is 34.5 Å². The quantitative estimate of drug-likeness (QED) is 0.888. The lowest BCUT2D eigenvalue weighted by atomic mass is 10.0. The summed E-state index contributed by atoms with van der Waals surface area (Å²) >= 11 is 0. The summed E-state index contributed by atoms with van der Waals surface area (Å²) in [7, 11) is 0. The van der Waals surface area contributed by atoms with E-state index in [4.69, 9.17) is 9.47 Å². The molecular formula is C15H22N2O2. The molecule has 4 heteroatoms. The van der Waals surface area contributed by atoms with Gasteiger partial charge in [0.1, 0.15) is 0 Å². The fraction of sp³-hybridized carbons (Fsp3) is 0.600. The number of rotatable bonds is 4. The molecule has 4 nitrogen and oxygen atoms in total. The number of ether oxygens (including phenoxy) is 2. The van der Waals surface area contributed by atoms with Crippen molar-refractivity contribution in [2.45, 2.75) is 12.5 Å². The molecule has 2 aliphatic heterocycles. The Bertz CT molecular complexity index is 405. The van der Waals surface area contributed by atoms with Gasteiger partial charge in [0.05, 0.1) is 25.9 Å². The molecule has 0 bridgehead atoms. The van der Waals surface area contributed by atoms with Crippen LogP contribution >= 0.6 is 0 Å². The second kappa shape index (κ2) is 6.37. The molecule has 0 amide bonds. The van der Waals surface area contributed by atoms with E-state index in [1.807, 2.05) is 0 Å². The Kier molecular flexibility index (Phi) is 4.33. The molecule has 1 saturated heterocycles. The highest BCUT2D eigenvalue weighted by Crippen LogP contribution is 2.22. The van der Waals surface area contributed by atoms with E-state index in [1.165, 1.54) is 11.3 Å². The van der Waals surface area contributed by atoms with E-state index >= 15 is 0 Å². The van der Waals surface area contributed by atoms with E-state index in [0.717, 1.165) is 52.4 Å². The van der Waals surface area contributed by atoms with E-state index in [1.54, 1.807) is 0 Å². The minimum absolute atomic E-state index is 0.302. The number of para-hydroxylation sites is 1. The minimum Gasteiger partial charge on any atom is -0.382 e. The maximum atomic E-state index is 6.00. The summed E-state index contributed by atoms with van der Waals surface area (Å²) in [5.74, 6) is 0. The predicted molar refractivity (Wildman–Crippen MR) is 75.6 cm³/mol. The lowest BCUT2D eigenvalue weighted by Crippen LogP contribution is -2.39. The molecule has 19 heavy (non-hydrogen) atoms. The number of nitrogens with one attached hydrogen (secondary N) is 1. The van der Waals surface area contributed by atoms with Crippen LogP contribution in [0.25, 0.3) is 0 Å². The summed E-state index contributed by atoms with van der Waals surface area (Å²) in [6, 6.07) is 8.49. The van der Waals surface area contributed by atoms with Gasteiger partial charge in [-0.1, -0.05) is 18.2 Å². The van der Waals surface area contributed by atoms with Crippen molar-refractivity contribution < 1.29 is 9.47 Å². The van der Waals surface area contributed by atoms with Gasteiger partial charge >= 0.3 is 0 Å². The van der Waals surface area contributed by atoms with Crippen molar-refractivity contribution in [3.05, 3.63) is 29.8 Å². The van der Waals surface area contributed by atoms with Gasteiger partial charge in [-0.15, -0.1) is 0 Å². The summed E-state index contributed by atoms with van der Waals surface area (Å²) in [5.41, 5.74) is 2.63. The SMILES string of the molecule is c1ccc2c(c1)CC(OCCN1CCOCC1)CN2. The Balaban J connectivity index is 1.42. The largest absolute Gasteiger partial charge is 0.382 e. The highest BCUT2D eigenvalue weighted by Gasteiger charge is 2.18. The zero-order valence-electron chi connectivity index (χ0n) is 11.3. The molecule has 0 radical (unpaired) electrons. The van der Waals surface area contributed by atoms with Gasteiger partial charge in [0, 0.05) is 38.3 Å². The summed E-state index contributed by atoms with van der Waals surface area (Å²) in [4.78, 5) is 2.41. The van der Waals surface area contributed by atoms with Gasteiger partial charge in [-0.2, -0.15) is 0 Å². The Morgan fingerprint density at radius 3 is 3.00 bits per heavy atom. The normalized spacial score (nSPS) is 23.7. The molecule has 2 aliphatic rings. The summed E-state index contributed by atoms with van der Waals surface area (Å²) in [6.45, 7) is 6.54. The molecular weight excluding hydrogens is 240 g/mol. The zero-order valence-corrected chi connectivity index (χ0v) is 11.3. The Labute approximate surface area is 114 Å². The zero-order chi connectivity index (χ0) is 12.9. The molecule has 104 valence electrons.